The van der Waals surface area contributed by atoms with Crippen molar-refractivity contribution in [3.05, 3.63) is 30.1 Å². The van der Waals surface area contributed by atoms with Gasteiger partial charge in [-0.2, -0.15) is 13.5 Å². The Labute approximate surface area is 104 Å². The van der Waals surface area contributed by atoms with E-state index in [2.05, 4.69) is 19.9 Å². The zero-order chi connectivity index (χ0) is 13.2. The van der Waals surface area contributed by atoms with Crippen LogP contribution in [0, 0.1) is 6.92 Å². The predicted molar refractivity (Wildman–Crippen MR) is 64.9 cm³/mol. The highest BCUT2D eigenvalue weighted by molar-refractivity contribution is 7.92. The van der Waals surface area contributed by atoms with Gasteiger partial charge in [0.2, 0.25) is 0 Å². The Balaban J connectivity index is 2.37. The van der Waals surface area contributed by atoms with Crippen molar-refractivity contribution in [2.24, 2.45) is 0 Å². The first-order valence-electron chi connectivity index (χ1n) is 5.06. The number of sulfonamides is 1. The summed E-state index contributed by atoms with van der Waals surface area (Å²) in [4.78, 5) is 3.60. The number of hydrogen-bond acceptors (Lipinski definition) is 5. The van der Waals surface area contributed by atoms with Crippen molar-refractivity contribution in [3.8, 4) is 5.75 Å². The maximum absolute atomic E-state index is 11.9. The summed E-state index contributed by atoms with van der Waals surface area (Å²) in [5, 5.41) is 5.56. The summed E-state index contributed by atoms with van der Waals surface area (Å²) >= 11 is 0. The Morgan fingerprint density at radius 1 is 1.39 bits per heavy atom. The first-order chi connectivity index (χ1) is 8.53. The molecule has 1 aromatic heterocycles. The molecule has 0 saturated carbocycles. The Kier molecular flexibility index (Phi) is 3.19. The number of methoxy groups -OCH3 is 1. The molecule has 8 heteroatoms. The third-order valence-electron chi connectivity index (χ3n) is 2.25. The number of hydrogen-bond donors (Lipinski definition) is 2. The normalized spacial score (nSPS) is 11.2. The number of nitrogens with zero attached hydrogens (tertiary/aromatic N) is 2. The Morgan fingerprint density at radius 2 is 2.17 bits per heavy atom. The fourth-order valence-electron chi connectivity index (χ4n) is 1.42. The molecule has 96 valence electrons. The molecule has 2 N–H and O–H groups in total. The quantitative estimate of drug-likeness (QED) is 0.859. The SMILES string of the molecule is COc1ccc(C)cc1NS(=O)(=O)c1ncn[nH]1. The van der Waals surface area contributed by atoms with Crippen molar-refractivity contribution in [2.45, 2.75) is 12.1 Å². The second kappa shape index (κ2) is 4.65. The molecule has 7 nitrogen and oxygen atoms in total. The highest BCUT2D eigenvalue weighted by Crippen LogP contribution is 2.26. The van der Waals surface area contributed by atoms with E-state index in [1.807, 2.05) is 13.0 Å². The Hall–Kier alpha value is -2.09. The molecule has 1 aromatic carbocycles. The number of benzene rings is 1. The number of nitrogens with one attached hydrogen (secondary N) is 2. The van der Waals surface area contributed by atoms with Gasteiger partial charge in [0.05, 0.1) is 12.8 Å². The van der Waals surface area contributed by atoms with E-state index in [9.17, 15) is 8.42 Å². The van der Waals surface area contributed by atoms with Crippen LogP contribution < -0.4 is 9.46 Å². The van der Waals surface area contributed by atoms with Gasteiger partial charge in [-0.05, 0) is 24.6 Å². The first kappa shape index (κ1) is 12.4. The van der Waals surface area contributed by atoms with E-state index in [-0.39, 0.29) is 5.16 Å². The fourth-order valence-corrected chi connectivity index (χ4v) is 2.32. The van der Waals surface area contributed by atoms with Crippen LogP contribution in [0.25, 0.3) is 0 Å². The molecule has 0 spiro atoms. The largest absolute Gasteiger partial charge is 0.495 e. The van der Waals surface area contributed by atoms with Gasteiger partial charge in [0, 0.05) is 0 Å². The standard InChI is InChI=1S/C10H12N4O3S/c1-7-3-4-9(17-2)8(5-7)14-18(15,16)10-11-6-12-13-10/h3-6,14H,1-2H3,(H,11,12,13). The van der Waals surface area contributed by atoms with Gasteiger partial charge in [0.15, 0.2) is 0 Å². The van der Waals surface area contributed by atoms with Gasteiger partial charge < -0.3 is 4.74 Å². The molecule has 0 bridgehead atoms. The van der Waals surface area contributed by atoms with Crippen molar-refractivity contribution in [3.63, 3.8) is 0 Å². The van der Waals surface area contributed by atoms with Gasteiger partial charge in [0.25, 0.3) is 15.2 Å². The number of aromatic nitrogens is 3. The van der Waals surface area contributed by atoms with Crippen molar-refractivity contribution < 1.29 is 13.2 Å². The van der Waals surface area contributed by atoms with Crippen LogP contribution in [0.15, 0.2) is 29.7 Å². The highest BCUT2D eigenvalue weighted by atomic mass is 32.2. The molecule has 0 aliphatic rings. The maximum Gasteiger partial charge on any atom is 0.297 e. The van der Waals surface area contributed by atoms with E-state index in [1.165, 1.54) is 7.11 Å². The summed E-state index contributed by atoms with van der Waals surface area (Å²) < 4.78 is 31.4. The highest BCUT2D eigenvalue weighted by Gasteiger charge is 2.19. The molecule has 0 aliphatic carbocycles. The summed E-state index contributed by atoms with van der Waals surface area (Å²) in [6.07, 6.45) is 1.13. The van der Waals surface area contributed by atoms with Crippen LogP contribution in [0.2, 0.25) is 0 Å². The molecule has 0 radical (unpaired) electrons. The molecule has 2 rings (SSSR count). The minimum atomic E-state index is -3.78. The third kappa shape index (κ3) is 2.43. The van der Waals surface area contributed by atoms with E-state index < -0.39 is 10.0 Å². The van der Waals surface area contributed by atoms with Crippen LogP contribution in [-0.2, 0) is 10.0 Å². The molecule has 0 unspecified atom stereocenters. The second-order valence-electron chi connectivity index (χ2n) is 3.60. The van der Waals surface area contributed by atoms with Crippen molar-refractivity contribution in [1.82, 2.24) is 15.2 Å². The lowest BCUT2D eigenvalue weighted by Gasteiger charge is -2.10. The lowest BCUT2D eigenvalue weighted by Crippen LogP contribution is -2.15. The molecule has 0 aliphatic heterocycles. The smallest absolute Gasteiger partial charge is 0.297 e. The van der Waals surface area contributed by atoms with Crippen LogP contribution in [0.5, 0.6) is 5.75 Å². The first-order valence-corrected chi connectivity index (χ1v) is 6.54. The zero-order valence-electron chi connectivity index (χ0n) is 9.84. The van der Waals surface area contributed by atoms with Gasteiger partial charge in [-0.3, -0.25) is 4.72 Å². The van der Waals surface area contributed by atoms with Crippen molar-refractivity contribution >= 4 is 15.7 Å². The van der Waals surface area contributed by atoms with E-state index in [1.54, 1.807) is 12.1 Å². The van der Waals surface area contributed by atoms with Crippen molar-refractivity contribution in [2.75, 3.05) is 11.8 Å². The Morgan fingerprint density at radius 3 is 2.78 bits per heavy atom. The molecular formula is C10H12N4O3S. The minimum Gasteiger partial charge on any atom is -0.495 e. The number of rotatable bonds is 4. The summed E-state index contributed by atoms with van der Waals surface area (Å²) in [5.74, 6) is 0.434. The molecule has 2 aromatic rings. The average Bonchev–Trinajstić information content (AvgIpc) is 2.83. The van der Waals surface area contributed by atoms with Crippen LogP contribution in [-0.4, -0.2) is 30.7 Å². The van der Waals surface area contributed by atoms with Crippen LogP contribution in [0.4, 0.5) is 5.69 Å². The molecule has 0 atom stereocenters. The van der Waals surface area contributed by atoms with Crippen LogP contribution in [0.3, 0.4) is 0 Å². The molecule has 18 heavy (non-hydrogen) atoms. The molecular weight excluding hydrogens is 256 g/mol. The van der Waals surface area contributed by atoms with Gasteiger partial charge in [-0.15, -0.1) is 0 Å². The van der Waals surface area contributed by atoms with Gasteiger partial charge >= 0.3 is 0 Å². The van der Waals surface area contributed by atoms with E-state index in [0.29, 0.717) is 11.4 Å². The van der Waals surface area contributed by atoms with E-state index in [0.717, 1.165) is 11.9 Å². The van der Waals surface area contributed by atoms with E-state index >= 15 is 0 Å². The number of aromatic amines is 1. The molecule has 0 amide bonds. The van der Waals surface area contributed by atoms with Gasteiger partial charge in [0.1, 0.15) is 12.1 Å². The molecule has 1 heterocycles. The number of anilines is 1. The van der Waals surface area contributed by atoms with Gasteiger partial charge in [-0.25, -0.2) is 10.1 Å². The lowest BCUT2D eigenvalue weighted by molar-refractivity contribution is 0.417. The maximum atomic E-state index is 11.9. The van der Waals surface area contributed by atoms with Crippen molar-refractivity contribution in [1.29, 1.82) is 0 Å². The lowest BCUT2D eigenvalue weighted by atomic mass is 10.2. The summed E-state index contributed by atoms with van der Waals surface area (Å²) in [7, 11) is -2.31. The fraction of sp³-hybridized carbons (Fsp3) is 0.200. The van der Waals surface area contributed by atoms with Gasteiger partial charge in [-0.1, -0.05) is 6.07 Å². The monoisotopic (exact) mass is 268 g/mol. The predicted octanol–water partition coefficient (Wildman–Crippen LogP) is 0.923. The minimum absolute atomic E-state index is 0.244. The summed E-state index contributed by atoms with van der Waals surface area (Å²) in [6, 6.07) is 5.19. The second-order valence-corrected chi connectivity index (χ2v) is 5.20. The number of aryl methyl sites for hydroxylation is 1. The van der Waals surface area contributed by atoms with E-state index in [4.69, 9.17) is 4.74 Å². The molecule has 0 saturated heterocycles. The topological polar surface area (TPSA) is 97.0 Å². The third-order valence-corrected chi connectivity index (χ3v) is 3.44. The summed E-state index contributed by atoms with van der Waals surface area (Å²) in [6.45, 7) is 1.85. The average molecular weight is 268 g/mol. The Bertz CT molecular complexity index is 637. The van der Waals surface area contributed by atoms with Crippen LogP contribution >= 0.6 is 0 Å². The van der Waals surface area contributed by atoms with Crippen LogP contribution in [0.1, 0.15) is 5.56 Å². The number of ether oxygens (including phenoxy) is 1. The molecule has 0 fully saturated rings. The zero-order valence-corrected chi connectivity index (χ0v) is 10.7. The summed E-state index contributed by atoms with van der Waals surface area (Å²) in [5.41, 5.74) is 1.26. The number of H-pyrrole nitrogens is 1.